The first-order valence-corrected chi connectivity index (χ1v) is 5.13. The fourth-order valence-corrected chi connectivity index (χ4v) is 2.40. The van der Waals surface area contributed by atoms with E-state index in [1.54, 1.807) is 6.20 Å². The van der Waals surface area contributed by atoms with E-state index in [-0.39, 0.29) is 11.0 Å². The van der Waals surface area contributed by atoms with Crippen molar-refractivity contribution in [2.24, 2.45) is 0 Å². The second-order valence-corrected chi connectivity index (χ2v) is 4.77. The van der Waals surface area contributed by atoms with Crippen molar-refractivity contribution in [1.82, 2.24) is 4.98 Å². The van der Waals surface area contributed by atoms with Crippen molar-refractivity contribution in [3.8, 4) is 0 Å². The van der Waals surface area contributed by atoms with Gasteiger partial charge in [-0.25, -0.2) is 4.98 Å². The molecule has 0 bridgehead atoms. The minimum atomic E-state index is -0.159. The van der Waals surface area contributed by atoms with E-state index < -0.39 is 0 Å². The van der Waals surface area contributed by atoms with Gasteiger partial charge in [0.15, 0.2) is 10.2 Å². The van der Waals surface area contributed by atoms with Crippen LogP contribution in [0.2, 0.25) is 0 Å². The highest BCUT2D eigenvalue weighted by molar-refractivity contribution is 8.15. The molecule has 0 spiro atoms. The van der Waals surface area contributed by atoms with Gasteiger partial charge in [0.1, 0.15) is 0 Å². The van der Waals surface area contributed by atoms with Crippen LogP contribution >= 0.6 is 23.1 Å². The topological polar surface area (TPSA) is 59.1 Å². The van der Waals surface area contributed by atoms with Crippen LogP contribution in [0, 0.1) is 0 Å². The molecule has 0 fully saturated rings. The SMILES string of the molecule is CC(=O)Nc1ncc(SC(C)=O)s1. The number of thiazole rings is 1. The highest BCUT2D eigenvalue weighted by atomic mass is 32.2. The van der Waals surface area contributed by atoms with E-state index in [4.69, 9.17) is 0 Å². The molecule has 6 heteroatoms. The third kappa shape index (κ3) is 3.56. The zero-order valence-corrected chi connectivity index (χ0v) is 8.79. The van der Waals surface area contributed by atoms with Crippen LogP contribution in [0.25, 0.3) is 0 Å². The molecule has 1 aromatic rings. The number of rotatable bonds is 2. The first kappa shape index (κ1) is 10.2. The van der Waals surface area contributed by atoms with E-state index >= 15 is 0 Å². The van der Waals surface area contributed by atoms with Crippen molar-refractivity contribution >= 4 is 39.3 Å². The largest absolute Gasteiger partial charge is 0.302 e. The summed E-state index contributed by atoms with van der Waals surface area (Å²) in [5, 5.41) is 3.08. The Labute approximate surface area is 83.7 Å². The zero-order chi connectivity index (χ0) is 9.84. The van der Waals surface area contributed by atoms with Gasteiger partial charge in [-0.3, -0.25) is 9.59 Å². The van der Waals surface area contributed by atoms with Gasteiger partial charge >= 0.3 is 0 Å². The van der Waals surface area contributed by atoms with Crippen molar-refractivity contribution in [3.63, 3.8) is 0 Å². The Balaban J connectivity index is 2.63. The van der Waals surface area contributed by atoms with E-state index in [2.05, 4.69) is 10.3 Å². The summed E-state index contributed by atoms with van der Waals surface area (Å²) in [7, 11) is 0. The van der Waals surface area contributed by atoms with E-state index in [0.29, 0.717) is 5.13 Å². The molecule has 0 unspecified atom stereocenters. The summed E-state index contributed by atoms with van der Waals surface area (Å²) in [5.41, 5.74) is 0. The molecule has 13 heavy (non-hydrogen) atoms. The molecule has 0 atom stereocenters. The van der Waals surface area contributed by atoms with Crippen LogP contribution in [-0.4, -0.2) is 16.0 Å². The number of anilines is 1. The van der Waals surface area contributed by atoms with Gasteiger partial charge in [-0.15, -0.1) is 0 Å². The molecule has 1 aromatic heterocycles. The van der Waals surface area contributed by atoms with Gasteiger partial charge in [0.05, 0.1) is 10.4 Å². The molecule has 0 aliphatic heterocycles. The number of nitrogens with one attached hydrogen (secondary N) is 1. The highest BCUT2D eigenvalue weighted by Crippen LogP contribution is 2.28. The Morgan fingerprint density at radius 2 is 2.23 bits per heavy atom. The Kier molecular flexibility index (Phi) is 3.44. The lowest BCUT2D eigenvalue weighted by atomic mass is 10.7. The fraction of sp³-hybridized carbons (Fsp3) is 0.286. The smallest absolute Gasteiger partial charge is 0.223 e. The van der Waals surface area contributed by atoms with E-state index in [1.165, 1.54) is 25.2 Å². The van der Waals surface area contributed by atoms with Crippen LogP contribution in [0.4, 0.5) is 5.13 Å². The molecule has 4 nitrogen and oxygen atoms in total. The molecular formula is C7H8N2O2S2. The predicted octanol–water partition coefficient (Wildman–Crippen LogP) is 1.74. The van der Waals surface area contributed by atoms with Crippen molar-refractivity contribution in [2.45, 2.75) is 18.1 Å². The molecule has 0 saturated carbocycles. The third-order valence-electron chi connectivity index (χ3n) is 1.01. The number of aromatic nitrogens is 1. The normalized spacial score (nSPS) is 9.69. The van der Waals surface area contributed by atoms with E-state index in [1.807, 2.05) is 0 Å². The predicted molar refractivity (Wildman–Crippen MR) is 53.0 cm³/mol. The number of carbonyl (C=O) groups excluding carboxylic acids is 2. The summed E-state index contributed by atoms with van der Waals surface area (Å²) < 4.78 is 0.788. The maximum absolute atomic E-state index is 10.7. The minimum Gasteiger partial charge on any atom is -0.302 e. The van der Waals surface area contributed by atoms with Gasteiger partial charge in [0.25, 0.3) is 0 Å². The highest BCUT2D eigenvalue weighted by Gasteiger charge is 2.05. The maximum atomic E-state index is 10.7. The van der Waals surface area contributed by atoms with Crippen molar-refractivity contribution < 1.29 is 9.59 Å². The number of hydrogen-bond acceptors (Lipinski definition) is 5. The molecular weight excluding hydrogens is 208 g/mol. The number of hydrogen-bond donors (Lipinski definition) is 1. The fourth-order valence-electron chi connectivity index (χ4n) is 0.657. The minimum absolute atomic E-state index is 0.0121. The van der Waals surface area contributed by atoms with Crippen LogP contribution in [-0.2, 0) is 9.59 Å². The molecule has 70 valence electrons. The maximum Gasteiger partial charge on any atom is 0.223 e. The molecule has 0 radical (unpaired) electrons. The van der Waals surface area contributed by atoms with Crippen LogP contribution in [0.3, 0.4) is 0 Å². The Hall–Kier alpha value is -0.880. The second kappa shape index (κ2) is 4.38. The molecule has 1 N–H and O–H groups in total. The van der Waals surface area contributed by atoms with Gasteiger partial charge in [-0.05, 0) is 11.8 Å². The van der Waals surface area contributed by atoms with E-state index in [0.717, 1.165) is 16.0 Å². The first-order valence-electron chi connectivity index (χ1n) is 3.50. The summed E-state index contributed by atoms with van der Waals surface area (Å²) in [4.78, 5) is 25.2. The molecule has 0 aromatic carbocycles. The van der Waals surface area contributed by atoms with Crippen molar-refractivity contribution in [1.29, 1.82) is 0 Å². The average molecular weight is 216 g/mol. The molecule has 1 rings (SSSR count). The van der Waals surface area contributed by atoms with Crippen LogP contribution in [0.5, 0.6) is 0 Å². The Morgan fingerprint density at radius 3 is 2.77 bits per heavy atom. The Morgan fingerprint density at radius 1 is 1.54 bits per heavy atom. The number of carbonyl (C=O) groups is 2. The third-order valence-corrected chi connectivity index (χ3v) is 2.81. The van der Waals surface area contributed by atoms with E-state index in [9.17, 15) is 9.59 Å². The number of thioether (sulfide) groups is 1. The van der Waals surface area contributed by atoms with Gasteiger partial charge in [0.2, 0.25) is 5.91 Å². The summed E-state index contributed by atoms with van der Waals surface area (Å²) >= 11 is 2.40. The summed E-state index contributed by atoms with van der Waals surface area (Å²) in [6.45, 7) is 2.90. The molecule has 1 amide bonds. The summed E-state index contributed by atoms with van der Waals surface area (Å²) in [6, 6.07) is 0. The van der Waals surface area contributed by atoms with Crippen molar-refractivity contribution in [3.05, 3.63) is 6.20 Å². The monoisotopic (exact) mass is 216 g/mol. The first-order chi connectivity index (χ1) is 6.08. The summed E-state index contributed by atoms with van der Waals surface area (Å²) in [6.07, 6.45) is 1.57. The standard InChI is InChI=1S/C7H8N2O2S2/c1-4(10)9-7-8-3-6(13-7)12-5(2)11/h3H,1-2H3,(H,8,9,10). The molecule has 1 heterocycles. The molecule has 0 saturated heterocycles. The van der Waals surface area contributed by atoms with Crippen molar-refractivity contribution in [2.75, 3.05) is 5.32 Å². The Bertz CT molecular complexity index is 304. The zero-order valence-electron chi connectivity index (χ0n) is 7.16. The van der Waals surface area contributed by atoms with Crippen LogP contribution in [0.1, 0.15) is 13.8 Å². The lowest BCUT2D eigenvalue weighted by Crippen LogP contribution is -2.04. The summed E-state index contributed by atoms with van der Waals surface area (Å²) in [5.74, 6) is -0.159. The van der Waals surface area contributed by atoms with Gasteiger partial charge in [-0.2, -0.15) is 0 Å². The lowest BCUT2D eigenvalue weighted by molar-refractivity contribution is -0.114. The van der Waals surface area contributed by atoms with Gasteiger partial charge in [0, 0.05) is 13.8 Å². The van der Waals surface area contributed by atoms with Gasteiger partial charge < -0.3 is 5.32 Å². The average Bonchev–Trinajstić information content (AvgIpc) is 2.33. The van der Waals surface area contributed by atoms with Gasteiger partial charge in [-0.1, -0.05) is 11.3 Å². The molecule has 0 aliphatic carbocycles. The lowest BCUT2D eigenvalue weighted by Gasteiger charge is -1.92. The second-order valence-electron chi connectivity index (χ2n) is 2.26. The molecule has 0 aliphatic rings. The quantitative estimate of drug-likeness (QED) is 0.765. The van der Waals surface area contributed by atoms with Crippen LogP contribution < -0.4 is 5.32 Å². The number of amides is 1. The van der Waals surface area contributed by atoms with Crippen LogP contribution in [0.15, 0.2) is 10.4 Å². The number of nitrogens with zero attached hydrogens (tertiary/aromatic N) is 1.